The number of nitrogens with zero attached hydrogens (tertiary/aromatic N) is 1. The highest BCUT2D eigenvalue weighted by Gasteiger charge is 2.62. The van der Waals surface area contributed by atoms with E-state index in [4.69, 9.17) is 9.47 Å². The van der Waals surface area contributed by atoms with Gasteiger partial charge in [0.1, 0.15) is 12.7 Å². The van der Waals surface area contributed by atoms with Crippen molar-refractivity contribution in [3.05, 3.63) is 0 Å². The summed E-state index contributed by atoms with van der Waals surface area (Å²) in [5, 5.41) is 9.58. The fourth-order valence-corrected chi connectivity index (χ4v) is 4.71. The van der Waals surface area contributed by atoms with E-state index < -0.39 is 22.9 Å². The third kappa shape index (κ3) is 3.61. The standard InChI is InChI=1S/C21H33NO4/c1-13(2)20(7,11-19(4,5)6)17(23)25-10-16-15-8-14(3)9-21(15,12-22)18(24)26-16/h13-16H,8-11H2,1-7H3. The highest BCUT2D eigenvalue weighted by atomic mass is 16.6. The van der Waals surface area contributed by atoms with E-state index in [1.807, 2.05) is 27.7 Å². The molecule has 5 unspecified atom stereocenters. The lowest BCUT2D eigenvalue weighted by Gasteiger charge is -2.37. The van der Waals surface area contributed by atoms with Crippen molar-refractivity contribution in [3.63, 3.8) is 0 Å². The number of carbonyl (C=O) groups is 2. The van der Waals surface area contributed by atoms with Crippen LogP contribution in [0, 0.1) is 45.3 Å². The Balaban J connectivity index is 2.09. The molecule has 26 heavy (non-hydrogen) atoms. The zero-order valence-corrected chi connectivity index (χ0v) is 17.2. The van der Waals surface area contributed by atoms with Crippen molar-refractivity contribution in [2.45, 2.75) is 73.8 Å². The summed E-state index contributed by atoms with van der Waals surface area (Å²) in [5.41, 5.74) is -1.66. The molecule has 0 bridgehead atoms. The van der Waals surface area contributed by atoms with Gasteiger partial charge in [0.15, 0.2) is 5.41 Å². The van der Waals surface area contributed by atoms with Crippen molar-refractivity contribution in [2.24, 2.45) is 34.0 Å². The molecule has 2 rings (SSSR count). The molecule has 1 saturated carbocycles. The van der Waals surface area contributed by atoms with E-state index in [2.05, 4.69) is 26.8 Å². The number of carbonyl (C=O) groups excluding carboxylic acids is 2. The first kappa shape index (κ1) is 20.7. The van der Waals surface area contributed by atoms with E-state index in [1.165, 1.54) is 0 Å². The van der Waals surface area contributed by atoms with Crippen LogP contribution in [-0.2, 0) is 19.1 Å². The van der Waals surface area contributed by atoms with Gasteiger partial charge in [0.25, 0.3) is 0 Å². The number of cyclic esters (lactones) is 1. The Morgan fingerprint density at radius 2 is 2.00 bits per heavy atom. The quantitative estimate of drug-likeness (QED) is 0.687. The van der Waals surface area contributed by atoms with E-state index in [1.54, 1.807) is 0 Å². The summed E-state index contributed by atoms with van der Waals surface area (Å²) in [6.07, 6.45) is 1.49. The highest BCUT2D eigenvalue weighted by Crippen LogP contribution is 2.53. The molecule has 1 heterocycles. The maximum Gasteiger partial charge on any atom is 0.327 e. The van der Waals surface area contributed by atoms with E-state index in [9.17, 15) is 14.9 Å². The fourth-order valence-electron chi connectivity index (χ4n) is 4.71. The lowest BCUT2D eigenvalue weighted by atomic mass is 9.69. The summed E-state index contributed by atoms with van der Waals surface area (Å²) in [7, 11) is 0. The molecule has 5 nitrogen and oxygen atoms in total. The maximum absolute atomic E-state index is 12.9. The second-order valence-corrected chi connectivity index (χ2v) is 10.1. The van der Waals surface area contributed by atoms with E-state index in [0.29, 0.717) is 18.8 Å². The predicted molar refractivity (Wildman–Crippen MR) is 97.8 cm³/mol. The molecule has 5 heteroatoms. The van der Waals surface area contributed by atoms with Crippen LogP contribution in [0.2, 0.25) is 0 Å². The van der Waals surface area contributed by atoms with Crippen molar-refractivity contribution in [2.75, 3.05) is 6.61 Å². The van der Waals surface area contributed by atoms with Crippen LogP contribution in [0.25, 0.3) is 0 Å². The van der Waals surface area contributed by atoms with Crippen molar-refractivity contribution >= 4 is 11.9 Å². The minimum absolute atomic E-state index is 0.00525. The number of ether oxygens (including phenoxy) is 2. The van der Waals surface area contributed by atoms with Gasteiger partial charge in [-0.3, -0.25) is 9.59 Å². The predicted octanol–water partition coefficient (Wildman–Crippen LogP) is 4.11. The summed E-state index contributed by atoms with van der Waals surface area (Å²) in [5.74, 6) is -0.455. The minimum atomic E-state index is -1.05. The molecule has 0 amide bonds. The van der Waals surface area contributed by atoms with Gasteiger partial charge in [-0.15, -0.1) is 0 Å². The molecule has 0 aromatic heterocycles. The Morgan fingerprint density at radius 3 is 2.50 bits per heavy atom. The smallest absolute Gasteiger partial charge is 0.327 e. The first-order valence-electron chi connectivity index (χ1n) is 9.65. The van der Waals surface area contributed by atoms with Crippen molar-refractivity contribution in [1.82, 2.24) is 0 Å². The Hall–Kier alpha value is -1.57. The Morgan fingerprint density at radius 1 is 1.38 bits per heavy atom. The van der Waals surface area contributed by atoms with Crippen LogP contribution >= 0.6 is 0 Å². The normalized spacial score (nSPS) is 33.3. The molecule has 1 saturated heterocycles. The summed E-state index contributed by atoms with van der Waals surface area (Å²) in [4.78, 5) is 25.2. The zero-order valence-electron chi connectivity index (χ0n) is 17.2. The number of nitriles is 1. The van der Waals surface area contributed by atoms with Crippen LogP contribution in [0.4, 0.5) is 0 Å². The molecule has 0 radical (unpaired) electrons. The van der Waals surface area contributed by atoms with E-state index in [0.717, 1.165) is 6.42 Å². The second-order valence-electron chi connectivity index (χ2n) is 10.1. The molecule has 1 aliphatic carbocycles. The average Bonchev–Trinajstić information content (AvgIpc) is 2.97. The number of hydrogen-bond donors (Lipinski definition) is 0. The number of hydrogen-bond acceptors (Lipinski definition) is 5. The van der Waals surface area contributed by atoms with Gasteiger partial charge in [-0.05, 0) is 43.4 Å². The lowest BCUT2D eigenvalue weighted by molar-refractivity contribution is -0.166. The van der Waals surface area contributed by atoms with Gasteiger partial charge in [0.2, 0.25) is 0 Å². The highest BCUT2D eigenvalue weighted by molar-refractivity contribution is 5.83. The minimum Gasteiger partial charge on any atom is -0.461 e. The summed E-state index contributed by atoms with van der Waals surface area (Å²) < 4.78 is 11.1. The van der Waals surface area contributed by atoms with Gasteiger partial charge in [-0.1, -0.05) is 41.5 Å². The molecule has 146 valence electrons. The monoisotopic (exact) mass is 363 g/mol. The molecule has 5 atom stereocenters. The van der Waals surface area contributed by atoms with Crippen LogP contribution in [0.3, 0.4) is 0 Å². The van der Waals surface area contributed by atoms with Crippen LogP contribution < -0.4 is 0 Å². The van der Waals surface area contributed by atoms with Crippen molar-refractivity contribution in [1.29, 1.82) is 5.26 Å². The van der Waals surface area contributed by atoms with Gasteiger partial charge in [-0.2, -0.15) is 5.26 Å². The lowest BCUT2D eigenvalue weighted by Crippen LogP contribution is -2.40. The molecular formula is C21H33NO4. The van der Waals surface area contributed by atoms with E-state index >= 15 is 0 Å². The zero-order chi connectivity index (χ0) is 19.9. The maximum atomic E-state index is 12.9. The Kier molecular flexibility index (Phi) is 5.48. The molecular weight excluding hydrogens is 330 g/mol. The third-order valence-corrected chi connectivity index (χ3v) is 6.25. The summed E-state index contributed by atoms with van der Waals surface area (Å²) >= 11 is 0. The van der Waals surface area contributed by atoms with Crippen molar-refractivity contribution in [3.8, 4) is 6.07 Å². The molecule has 0 aromatic carbocycles. The molecule has 0 aromatic rings. The van der Waals surface area contributed by atoms with Gasteiger partial charge < -0.3 is 9.47 Å². The van der Waals surface area contributed by atoms with Gasteiger partial charge in [0, 0.05) is 5.92 Å². The van der Waals surface area contributed by atoms with Crippen molar-refractivity contribution < 1.29 is 19.1 Å². The van der Waals surface area contributed by atoms with Gasteiger partial charge in [0.05, 0.1) is 11.5 Å². The van der Waals surface area contributed by atoms with Crippen LogP contribution in [0.15, 0.2) is 0 Å². The first-order chi connectivity index (χ1) is 11.9. The summed E-state index contributed by atoms with van der Waals surface area (Å²) in [6.45, 7) is 14.4. The summed E-state index contributed by atoms with van der Waals surface area (Å²) in [6, 6.07) is 2.20. The van der Waals surface area contributed by atoms with Crippen LogP contribution in [0.5, 0.6) is 0 Å². The third-order valence-electron chi connectivity index (χ3n) is 6.25. The van der Waals surface area contributed by atoms with Crippen LogP contribution in [0.1, 0.15) is 67.7 Å². The number of esters is 2. The first-order valence-corrected chi connectivity index (χ1v) is 9.65. The Bertz CT molecular complexity index is 614. The van der Waals surface area contributed by atoms with Gasteiger partial charge >= 0.3 is 11.9 Å². The number of fused-ring (bicyclic) bond motifs is 1. The molecule has 0 N–H and O–H groups in total. The Labute approximate surface area is 157 Å². The molecule has 1 aliphatic heterocycles. The molecule has 2 fully saturated rings. The largest absolute Gasteiger partial charge is 0.461 e. The average molecular weight is 363 g/mol. The number of rotatable bonds is 5. The fraction of sp³-hybridized carbons (Fsp3) is 0.857. The van der Waals surface area contributed by atoms with E-state index in [-0.39, 0.29) is 29.8 Å². The second kappa shape index (κ2) is 6.87. The SMILES string of the molecule is CC1CC2C(COC(=O)C(C)(CC(C)(C)C)C(C)C)OC(=O)C2(C#N)C1. The van der Waals surface area contributed by atoms with Crippen LogP contribution in [-0.4, -0.2) is 24.6 Å². The topological polar surface area (TPSA) is 76.4 Å². The molecule has 2 aliphatic rings. The molecule has 0 spiro atoms. The van der Waals surface area contributed by atoms with Gasteiger partial charge in [-0.25, -0.2) is 0 Å².